The highest BCUT2D eigenvalue weighted by Gasteiger charge is 2.19. The van der Waals surface area contributed by atoms with Gasteiger partial charge in [0.1, 0.15) is 5.75 Å². The molecule has 0 atom stereocenters. The highest BCUT2D eigenvalue weighted by atomic mass is 32.2. The third kappa shape index (κ3) is 6.34. The Morgan fingerprint density at radius 2 is 1.69 bits per heavy atom. The molecule has 2 aromatic rings. The SMILES string of the molecule is CCNc1ccc(S(=O)(=O)N(C)C)cc1NCC(=O)Nc1cc(NC(C)=O)ccc1OC. The average molecular weight is 464 g/mol. The minimum absolute atomic E-state index is 0.108. The standard InChI is InChI=1S/C21H29N5O5S/c1-6-22-17-9-8-16(32(29,30)26(3)4)12-18(17)23-13-21(28)25-19-11-15(24-14(2)27)7-10-20(19)31-5/h7-12,22-23H,6,13H2,1-5H3,(H,24,27)(H,25,28). The molecule has 0 saturated heterocycles. The van der Waals surface area contributed by atoms with Crippen LogP contribution in [0, 0.1) is 0 Å². The van der Waals surface area contributed by atoms with Crippen molar-refractivity contribution >= 4 is 44.6 Å². The van der Waals surface area contributed by atoms with Gasteiger partial charge in [0, 0.05) is 33.3 Å². The van der Waals surface area contributed by atoms with Crippen LogP contribution in [-0.2, 0) is 19.6 Å². The van der Waals surface area contributed by atoms with Crippen molar-refractivity contribution in [3.63, 3.8) is 0 Å². The Kier molecular flexibility index (Phi) is 8.44. The Morgan fingerprint density at radius 1 is 0.969 bits per heavy atom. The van der Waals surface area contributed by atoms with Crippen molar-refractivity contribution in [2.45, 2.75) is 18.7 Å². The quantitative estimate of drug-likeness (QED) is 0.426. The van der Waals surface area contributed by atoms with Crippen LogP contribution in [0.25, 0.3) is 0 Å². The van der Waals surface area contributed by atoms with E-state index in [-0.39, 0.29) is 23.3 Å². The maximum absolute atomic E-state index is 12.6. The van der Waals surface area contributed by atoms with Gasteiger partial charge < -0.3 is 26.0 Å². The summed E-state index contributed by atoms with van der Waals surface area (Å²) in [6, 6.07) is 9.53. The molecule has 2 amide bonds. The van der Waals surface area contributed by atoms with Crippen LogP contribution in [0.3, 0.4) is 0 Å². The molecule has 0 bridgehead atoms. The molecular formula is C21H29N5O5S. The minimum Gasteiger partial charge on any atom is -0.495 e. The van der Waals surface area contributed by atoms with Crippen LogP contribution < -0.4 is 26.0 Å². The second-order valence-electron chi connectivity index (χ2n) is 7.02. The molecule has 0 saturated carbocycles. The summed E-state index contributed by atoms with van der Waals surface area (Å²) in [5, 5.41) is 11.5. The number of hydrogen-bond acceptors (Lipinski definition) is 7. The number of benzene rings is 2. The molecule has 4 N–H and O–H groups in total. The van der Waals surface area contributed by atoms with Crippen LogP contribution >= 0.6 is 0 Å². The molecule has 0 fully saturated rings. The van der Waals surface area contributed by atoms with Crippen LogP contribution in [0.2, 0.25) is 0 Å². The summed E-state index contributed by atoms with van der Waals surface area (Å²) in [5.41, 5.74) is 2.05. The van der Waals surface area contributed by atoms with Gasteiger partial charge in [-0.15, -0.1) is 0 Å². The third-order valence-corrected chi connectivity index (χ3v) is 6.18. The Morgan fingerprint density at radius 3 is 2.28 bits per heavy atom. The van der Waals surface area contributed by atoms with E-state index in [1.165, 1.54) is 40.3 Å². The highest BCUT2D eigenvalue weighted by Crippen LogP contribution is 2.29. The van der Waals surface area contributed by atoms with Crippen molar-refractivity contribution < 1.29 is 22.7 Å². The molecular weight excluding hydrogens is 434 g/mol. The molecule has 0 aliphatic carbocycles. The van der Waals surface area contributed by atoms with Gasteiger partial charge in [-0.25, -0.2) is 12.7 Å². The number of nitrogens with one attached hydrogen (secondary N) is 4. The van der Waals surface area contributed by atoms with Crippen LogP contribution in [0.1, 0.15) is 13.8 Å². The molecule has 0 aliphatic rings. The van der Waals surface area contributed by atoms with Gasteiger partial charge in [-0.05, 0) is 43.3 Å². The van der Waals surface area contributed by atoms with Gasteiger partial charge in [0.05, 0.1) is 35.6 Å². The molecule has 32 heavy (non-hydrogen) atoms. The van der Waals surface area contributed by atoms with Gasteiger partial charge in [0.25, 0.3) is 0 Å². The van der Waals surface area contributed by atoms with Gasteiger partial charge in [-0.3, -0.25) is 9.59 Å². The second kappa shape index (κ2) is 10.8. The maximum atomic E-state index is 12.6. The van der Waals surface area contributed by atoms with E-state index in [1.807, 2.05) is 6.92 Å². The number of anilines is 4. The normalized spacial score (nSPS) is 11.1. The molecule has 10 nitrogen and oxygen atoms in total. The zero-order chi connectivity index (χ0) is 23.9. The molecule has 0 heterocycles. The summed E-state index contributed by atoms with van der Waals surface area (Å²) < 4.78 is 31.3. The molecule has 0 spiro atoms. The van der Waals surface area contributed by atoms with Crippen LogP contribution in [0.5, 0.6) is 5.75 Å². The summed E-state index contributed by atoms with van der Waals surface area (Å²) in [4.78, 5) is 24.0. The Hall–Kier alpha value is -3.31. The Bertz CT molecular complexity index is 1090. The average Bonchev–Trinajstić information content (AvgIpc) is 2.72. The molecule has 2 rings (SSSR count). The summed E-state index contributed by atoms with van der Waals surface area (Å²) in [6.07, 6.45) is 0. The van der Waals surface area contributed by atoms with E-state index in [9.17, 15) is 18.0 Å². The van der Waals surface area contributed by atoms with E-state index in [0.29, 0.717) is 35.0 Å². The van der Waals surface area contributed by atoms with Crippen molar-refractivity contribution in [3.05, 3.63) is 36.4 Å². The smallest absolute Gasteiger partial charge is 0.243 e. The molecule has 0 unspecified atom stereocenters. The first kappa shape index (κ1) is 25.0. The summed E-state index contributed by atoms with van der Waals surface area (Å²) in [5.74, 6) is -0.191. The second-order valence-corrected chi connectivity index (χ2v) is 9.17. The number of ether oxygens (including phenoxy) is 1. The fourth-order valence-corrected chi connectivity index (χ4v) is 3.77. The zero-order valence-corrected chi connectivity index (χ0v) is 19.6. The first-order valence-corrected chi connectivity index (χ1v) is 11.3. The molecule has 0 radical (unpaired) electrons. The lowest BCUT2D eigenvalue weighted by atomic mass is 10.2. The van der Waals surface area contributed by atoms with E-state index < -0.39 is 10.0 Å². The first-order chi connectivity index (χ1) is 15.1. The van der Waals surface area contributed by atoms with Gasteiger partial charge in [-0.2, -0.15) is 0 Å². The first-order valence-electron chi connectivity index (χ1n) is 9.88. The van der Waals surface area contributed by atoms with Crippen LogP contribution in [0.15, 0.2) is 41.3 Å². The lowest BCUT2D eigenvalue weighted by molar-refractivity contribution is -0.115. The van der Waals surface area contributed by atoms with E-state index in [2.05, 4.69) is 21.3 Å². The van der Waals surface area contributed by atoms with Gasteiger partial charge >= 0.3 is 0 Å². The third-order valence-electron chi connectivity index (χ3n) is 4.37. The molecule has 0 aromatic heterocycles. The fraction of sp³-hybridized carbons (Fsp3) is 0.333. The monoisotopic (exact) mass is 463 g/mol. The van der Waals surface area contributed by atoms with Crippen LogP contribution in [0.4, 0.5) is 22.7 Å². The number of hydrogen-bond donors (Lipinski definition) is 4. The molecule has 2 aromatic carbocycles. The molecule has 0 aliphatic heterocycles. The van der Waals surface area contributed by atoms with Crippen molar-refractivity contribution in [2.24, 2.45) is 0 Å². The van der Waals surface area contributed by atoms with E-state index >= 15 is 0 Å². The van der Waals surface area contributed by atoms with Crippen molar-refractivity contribution in [3.8, 4) is 5.75 Å². The minimum atomic E-state index is -3.63. The molecule has 11 heteroatoms. The number of sulfonamides is 1. The largest absolute Gasteiger partial charge is 0.495 e. The highest BCUT2D eigenvalue weighted by molar-refractivity contribution is 7.89. The van der Waals surface area contributed by atoms with Gasteiger partial charge in [-0.1, -0.05) is 0 Å². The van der Waals surface area contributed by atoms with Gasteiger partial charge in [0.2, 0.25) is 21.8 Å². The van der Waals surface area contributed by atoms with E-state index in [0.717, 1.165) is 4.31 Å². The zero-order valence-electron chi connectivity index (χ0n) is 18.8. The predicted molar refractivity (Wildman–Crippen MR) is 126 cm³/mol. The van der Waals surface area contributed by atoms with Crippen molar-refractivity contribution in [1.29, 1.82) is 0 Å². The van der Waals surface area contributed by atoms with E-state index in [4.69, 9.17) is 4.74 Å². The number of carbonyl (C=O) groups excluding carboxylic acids is 2. The van der Waals surface area contributed by atoms with E-state index in [1.54, 1.807) is 24.3 Å². The van der Waals surface area contributed by atoms with Crippen LogP contribution in [-0.4, -0.2) is 58.8 Å². The summed E-state index contributed by atoms with van der Waals surface area (Å²) in [7, 11) is 0.755. The Balaban J connectivity index is 2.21. The predicted octanol–water partition coefficient (Wildman–Crippen LogP) is 2.39. The topological polar surface area (TPSA) is 129 Å². The number of rotatable bonds is 10. The summed E-state index contributed by atoms with van der Waals surface area (Å²) in [6.45, 7) is 3.79. The number of nitrogens with zero attached hydrogens (tertiary/aromatic N) is 1. The number of amides is 2. The van der Waals surface area contributed by atoms with Crippen molar-refractivity contribution in [2.75, 3.05) is 55.6 Å². The number of carbonyl (C=O) groups is 2. The lowest BCUT2D eigenvalue weighted by Crippen LogP contribution is -2.24. The molecule has 174 valence electrons. The lowest BCUT2D eigenvalue weighted by Gasteiger charge is -2.17. The Labute approximate surface area is 188 Å². The fourth-order valence-electron chi connectivity index (χ4n) is 2.84. The number of methoxy groups -OCH3 is 1. The van der Waals surface area contributed by atoms with Crippen molar-refractivity contribution in [1.82, 2.24) is 4.31 Å². The van der Waals surface area contributed by atoms with Gasteiger partial charge in [0.15, 0.2) is 0 Å². The summed E-state index contributed by atoms with van der Waals surface area (Å²) >= 11 is 0. The maximum Gasteiger partial charge on any atom is 0.243 e.